The Hall–Kier alpha value is -3.34. The van der Waals surface area contributed by atoms with Crippen molar-refractivity contribution >= 4 is 15.8 Å². The van der Waals surface area contributed by atoms with Gasteiger partial charge in [0.15, 0.2) is 0 Å². The van der Waals surface area contributed by atoms with Crippen LogP contribution < -0.4 is 0 Å². The first kappa shape index (κ1) is 24.3. The molecular weight excluding hydrogens is 472 g/mol. The molecule has 3 aromatic rings. The van der Waals surface area contributed by atoms with Crippen molar-refractivity contribution in [3.63, 3.8) is 0 Å². The SMILES string of the molecule is O=S(=O)(ON=C(c1ccccc1-c1ccccc1)C(F)C(F)(F)C(F)F)c1ccc(F)cc1. The van der Waals surface area contributed by atoms with Gasteiger partial charge in [-0.1, -0.05) is 59.8 Å². The molecule has 0 aliphatic heterocycles. The lowest BCUT2D eigenvalue weighted by Crippen LogP contribution is -2.43. The third-order valence-corrected chi connectivity index (χ3v) is 5.61. The molecule has 1 atom stereocenters. The number of hydrogen-bond donors (Lipinski definition) is 0. The van der Waals surface area contributed by atoms with Crippen LogP contribution in [0.25, 0.3) is 11.1 Å². The van der Waals surface area contributed by atoms with Crippen LogP contribution in [0.3, 0.4) is 0 Å². The lowest BCUT2D eigenvalue weighted by atomic mass is 9.93. The van der Waals surface area contributed by atoms with Crippen molar-refractivity contribution in [1.82, 2.24) is 0 Å². The molecule has 11 heteroatoms. The summed E-state index contributed by atoms with van der Waals surface area (Å²) < 4.78 is 111. The van der Waals surface area contributed by atoms with Gasteiger partial charge in [-0.05, 0) is 35.4 Å². The fraction of sp³-hybridized carbons (Fsp3) is 0.136. The minimum Gasteiger partial charge on any atom is -0.264 e. The molecule has 0 amide bonds. The van der Waals surface area contributed by atoms with Crippen LogP contribution in [0.5, 0.6) is 0 Å². The molecule has 0 heterocycles. The molecule has 0 bridgehead atoms. The second kappa shape index (κ2) is 9.65. The Balaban J connectivity index is 2.13. The van der Waals surface area contributed by atoms with E-state index in [-0.39, 0.29) is 11.1 Å². The molecule has 0 radical (unpaired) electrons. The van der Waals surface area contributed by atoms with E-state index in [1.165, 1.54) is 18.2 Å². The van der Waals surface area contributed by atoms with Gasteiger partial charge in [0.1, 0.15) is 16.4 Å². The molecule has 174 valence electrons. The maximum absolute atomic E-state index is 14.8. The minimum atomic E-state index is -5.20. The zero-order valence-electron chi connectivity index (χ0n) is 16.5. The predicted octanol–water partition coefficient (Wildman–Crippen LogP) is 5.84. The lowest BCUT2D eigenvalue weighted by molar-refractivity contribution is -0.154. The summed E-state index contributed by atoms with van der Waals surface area (Å²) in [6, 6.07) is 16.4. The first-order valence-corrected chi connectivity index (χ1v) is 10.7. The summed E-state index contributed by atoms with van der Waals surface area (Å²) in [7, 11) is -4.81. The number of rotatable bonds is 8. The maximum atomic E-state index is 14.8. The molecule has 0 spiro atoms. The van der Waals surface area contributed by atoms with E-state index in [1.807, 2.05) is 0 Å². The molecule has 0 saturated heterocycles. The molecule has 0 N–H and O–H groups in total. The first-order chi connectivity index (χ1) is 15.5. The Bertz CT molecular complexity index is 1230. The maximum Gasteiger partial charge on any atom is 0.358 e. The summed E-state index contributed by atoms with van der Waals surface area (Å²) in [6.07, 6.45) is -8.12. The van der Waals surface area contributed by atoms with E-state index < -0.39 is 45.1 Å². The zero-order valence-corrected chi connectivity index (χ0v) is 17.3. The molecule has 0 fully saturated rings. The Kier molecular flexibility index (Phi) is 7.11. The van der Waals surface area contributed by atoms with E-state index in [1.54, 1.807) is 30.3 Å². The van der Waals surface area contributed by atoms with Crippen LogP contribution in [0.4, 0.5) is 26.3 Å². The smallest absolute Gasteiger partial charge is 0.264 e. The predicted molar refractivity (Wildman–Crippen MR) is 109 cm³/mol. The van der Waals surface area contributed by atoms with Gasteiger partial charge in [0, 0.05) is 5.56 Å². The number of oxime groups is 1. The standard InChI is InChI=1S/C22H15F6NO3S/c23-15-10-12-16(13-11-15)33(30,31)32-29-19(20(24)22(27,28)21(25)26)18-9-5-4-8-17(18)14-6-2-1-3-7-14/h1-13,20-21H. The van der Waals surface area contributed by atoms with E-state index in [2.05, 4.69) is 9.44 Å². The van der Waals surface area contributed by atoms with Crippen LogP contribution in [0.1, 0.15) is 5.56 Å². The van der Waals surface area contributed by atoms with Crippen LogP contribution in [0.2, 0.25) is 0 Å². The van der Waals surface area contributed by atoms with Gasteiger partial charge in [-0.2, -0.15) is 17.2 Å². The number of halogens is 6. The lowest BCUT2D eigenvalue weighted by Gasteiger charge is -2.22. The highest BCUT2D eigenvalue weighted by Crippen LogP contribution is 2.34. The van der Waals surface area contributed by atoms with E-state index in [0.29, 0.717) is 5.56 Å². The Labute approximate surface area is 185 Å². The van der Waals surface area contributed by atoms with Gasteiger partial charge in [0.2, 0.25) is 6.17 Å². The Morgan fingerprint density at radius 2 is 1.42 bits per heavy atom. The van der Waals surface area contributed by atoms with Crippen molar-refractivity contribution in [2.75, 3.05) is 0 Å². The number of nitrogens with zero attached hydrogens (tertiary/aromatic N) is 1. The van der Waals surface area contributed by atoms with Gasteiger partial charge in [-0.25, -0.2) is 17.6 Å². The van der Waals surface area contributed by atoms with Gasteiger partial charge < -0.3 is 0 Å². The van der Waals surface area contributed by atoms with Gasteiger partial charge in [0.05, 0.1) is 0 Å². The van der Waals surface area contributed by atoms with E-state index in [0.717, 1.165) is 30.3 Å². The number of benzene rings is 3. The van der Waals surface area contributed by atoms with Crippen molar-refractivity contribution in [3.8, 4) is 11.1 Å². The fourth-order valence-electron chi connectivity index (χ4n) is 2.83. The monoisotopic (exact) mass is 487 g/mol. The molecule has 3 aromatic carbocycles. The summed E-state index contributed by atoms with van der Waals surface area (Å²) in [5.41, 5.74) is -1.22. The average Bonchev–Trinajstić information content (AvgIpc) is 2.80. The molecular formula is C22H15F6NO3S. The third kappa shape index (κ3) is 5.36. The van der Waals surface area contributed by atoms with Crippen molar-refractivity contribution in [1.29, 1.82) is 0 Å². The van der Waals surface area contributed by atoms with Gasteiger partial charge >= 0.3 is 22.5 Å². The highest BCUT2D eigenvalue weighted by atomic mass is 32.2. The first-order valence-electron chi connectivity index (χ1n) is 9.26. The van der Waals surface area contributed by atoms with Crippen molar-refractivity contribution in [2.45, 2.75) is 23.4 Å². The summed E-state index contributed by atoms with van der Waals surface area (Å²) >= 11 is 0. The van der Waals surface area contributed by atoms with E-state index in [9.17, 15) is 34.8 Å². The second-order valence-corrected chi connectivity index (χ2v) is 8.24. The number of hydrogen-bond acceptors (Lipinski definition) is 4. The summed E-state index contributed by atoms with van der Waals surface area (Å²) in [4.78, 5) is -0.612. The van der Waals surface area contributed by atoms with Gasteiger partial charge in [0.25, 0.3) is 0 Å². The molecule has 0 aromatic heterocycles. The van der Waals surface area contributed by atoms with Crippen LogP contribution in [0, 0.1) is 5.82 Å². The van der Waals surface area contributed by atoms with Crippen LogP contribution in [-0.2, 0) is 14.4 Å². The third-order valence-electron chi connectivity index (χ3n) is 4.49. The molecule has 1 unspecified atom stereocenters. The summed E-state index contributed by atoms with van der Waals surface area (Å²) in [5.74, 6) is -5.97. The molecule has 0 aliphatic rings. The number of alkyl halides is 5. The second-order valence-electron chi connectivity index (χ2n) is 6.71. The normalized spacial score (nSPS) is 13.7. The van der Waals surface area contributed by atoms with E-state index >= 15 is 0 Å². The van der Waals surface area contributed by atoms with Gasteiger partial charge in [-0.15, -0.1) is 0 Å². The van der Waals surface area contributed by atoms with Crippen LogP contribution in [-0.4, -0.2) is 32.6 Å². The molecule has 0 aliphatic carbocycles. The highest BCUT2D eigenvalue weighted by Gasteiger charge is 2.53. The van der Waals surface area contributed by atoms with E-state index in [4.69, 9.17) is 0 Å². The fourth-order valence-corrected chi connectivity index (χ4v) is 3.57. The van der Waals surface area contributed by atoms with Crippen molar-refractivity contribution in [3.05, 3.63) is 90.2 Å². The molecule has 3 rings (SSSR count). The Morgan fingerprint density at radius 3 is 2.03 bits per heavy atom. The van der Waals surface area contributed by atoms with Crippen molar-refractivity contribution < 1.29 is 39.0 Å². The molecule has 4 nitrogen and oxygen atoms in total. The van der Waals surface area contributed by atoms with Crippen LogP contribution >= 0.6 is 0 Å². The zero-order chi connectivity index (χ0) is 24.2. The topological polar surface area (TPSA) is 55.7 Å². The highest BCUT2D eigenvalue weighted by molar-refractivity contribution is 7.86. The summed E-state index contributed by atoms with van der Waals surface area (Å²) in [6.45, 7) is 0. The van der Waals surface area contributed by atoms with Gasteiger partial charge in [-0.3, -0.25) is 4.28 Å². The Morgan fingerprint density at radius 1 is 0.848 bits per heavy atom. The molecule has 33 heavy (non-hydrogen) atoms. The largest absolute Gasteiger partial charge is 0.358 e. The molecule has 0 saturated carbocycles. The summed E-state index contributed by atoms with van der Waals surface area (Å²) in [5, 5.41) is 3.05. The average molecular weight is 487 g/mol. The minimum absolute atomic E-state index is 0.118. The quantitative estimate of drug-likeness (QED) is 0.228. The van der Waals surface area contributed by atoms with Crippen LogP contribution in [0.15, 0.2) is 88.9 Å². The van der Waals surface area contributed by atoms with Crippen molar-refractivity contribution in [2.24, 2.45) is 5.16 Å².